The van der Waals surface area contributed by atoms with Gasteiger partial charge in [-0.15, -0.1) is 10.2 Å². The molecule has 3 rings (SSSR count). The fourth-order valence-electron chi connectivity index (χ4n) is 1.73. The van der Waals surface area contributed by atoms with E-state index < -0.39 is 0 Å². The molecule has 0 spiro atoms. The number of halogens is 1. The predicted octanol–water partition coefficient (Wildman–Crippen LogP) is 2.63. The summed E-state index contributed by atoms with van der Waals surface area (Å²) in [6, 6.07) is 11.1. The summed E-state index contributed by atoms with van der Waals surface area (Å²) in [6.07, 6.45) is 1.80. The number of aromatic nitrogens is 3. The molecule has 0 fully saturated rings. The molecule has 2 aromatic heterocycles. The lowest BCUT2D eigenvalue weighted by molar-refractivity contribution is 1.11. The Labute approximate surface area is 103 Å². The van der Waals surface area contributed by atoms with Gasteiger partial charge in [0.25, 0.3) is 0 Å². The Bertz CT molecular complexity index is 690. The minimum atomic E-state index is 0.667. The van der Waals surface area contributed by atoms with Gasteiger partial charge in [-0.1, -0.05) is 23.7 Å². The monoisotopic (exact) mass is 244 g/mol. The largest absolute Gasteiger partial charge is 0.398 e. The zero-order valence-corrected chi connectivity index (χ0v) is 9.59. The molecule has 0 amide bonds. The van der Waals surface area contributed by atoms with Gasteiger partial charge in [-0.2, -0.15) is 0 Å². The topological polar surface area (TPSA) is 56.2 Å². The van der Waals surface area contributed by atoms with E-state index in [0.717, 1.165) is 17.0 Å². The Hall–Kier alpha value is -2.07. The van der Waals surface area contributed by atoms with E-state index in [1.807, 2.05) is 34.7 Å². The van der Waals surface area contributed by atoms with Gasteiger partial charge in [0.05, 0.1) is 0 Å². The SMILES string of the molecule is Nc1ccc2nnc(-c3cccc(Cl)c3)n2c1. The molecule has 3 aromatic rings. The van der Waals surface area contributed by atoms with Crippen molar-refractivity contribution in [3.05, 3.63) is 47.6 Å². The molecule has 0 unspecified atom stereocenters. The van der Waals surface area contributed by atoms with Gasteiger partial charge in [-0.3, -0.25) is 4.40 Å². The van der Waals surface area contributed by atoms with Gasteiger partial charge in [-0.05, 0) is 24.3 Å². The summed E-state index contributed by atoms with van der Waals surface area (Å²) >= 11 is 5.96. The van der Waals surface area contributed by atoms with Crippen LogP contribution < -0.4 is 5.73 Å². The Balaban J connectivity index is 2.27. The van der Waals surface area contributed by atoms with Crippen LogP contribution in [0, 0.1) is 0 Å². The molecule has 0 radical (unpaired) electrons. The van der Waals surface area contributed by atoms with Gasteiger partial charge < -0.3 is 5.73 Å². The highest BCUT2D eigenvalue weighted by Gasteiger charge is 2.08. The predicted molar refractivity (Wildman–Crippen MR) is 67.8 cm³/mol. The molecule has 0 bridgehead atoms. The molecule has 84 valence electrons. The fourth-order valence-corrected chi connectivity index (χ4v) is 1.92. The first kappa shape index (κ1) is 10.1. The van der Waals surface area contributed by atoms with Crippen LogP contribution in [0.1, 0.15) is 0 Å². The van der Waals surface area contributed by atoms with E-state index in [4.69, 9.17) is 17.3 Å². The summed E-state index contributed by atoms with van der Waals surface area (Å²) in [5, 5.41) is 8.90. The van der Waals surface area contributed by atoms with Crippen LogP contribution in [0.4, 0.5) is 5.69 Å². The minimum absolute atomic E-state index is 0.667. The van der Waals surface area contributed by atoms with Crippen LogP contribution >= 0.6 is 11.6 Å². The molecule has 0 saturated heterocycles. The van der Waals surface area contributed by atoms with E-state index in [1.54, 1.807) is 12.3 Å². The van der Waals surface area contributed by atoms with E-state index in [2.05, 4.69) is 10.2 Å². The second-order valence-corrected chi connectivity index (χ2v) is 4.16. The number of pyridine rings is 1. The summed E-state index contributed by atoms with van der Waals surface area (Å²) in [5.74, 6) is 0.731. The number of anilines is 1. The van der Waals surface area contributed by atoms with Crippen molar-refractivity contribution in [3.8, 4) is 11.4 Å². The highest BCUT2D eigenvalue weighted by molar-refractivity contribution is 6.30. The van der Waals surface area contributed by atoms with Gasteiger partial charge in [0.2, 0.25) is 0 Å². The third kappa shape index (κ3) is 1.72. The summed E-state index contributed by atoms with van der Waals surface area (Å²) < 4.78 is 1.85. The fraction of sp³-hybridized carbons (Fsp3) is 0. The lowest BCUT2D eigenvalue weighted by Gasteiger charge is -2.01. The molecule has 0 saturated carbocycles. The average Bonchev–Trinajstić information content (AvgIpc) is 2.71. The second-order valence-electron chi connectivity index (χ2n) is 3.72. The number of benzene rings is 1. The lowest BCUT2D eigenvalue weighted by atomic mass is 10.2. The lowest BCUT2D eigenvalue weighted by Crippen LogP contribution is -1.92. The number of nitrogen functional groups attached to an aromatic ring is 1. The molecule has 5 heteroatoms. The van der Waals surface area contributed by atoms with Crippen molar-refractivity contribution in [1.82, 2.24) is 14.6 Å². The Morgan fingerprint density at radius 2 is 2.00 bits per heavy atom. The van der Waals surface area contributed by atoms with Crippen LogP contribution in [0.3, 0.4) is 0 Å². The highest BCUT2D eigenvalue weighted by atomic mass is 35.5. The molecule has 0 atom stereocenters. The molecule has 2 heterocycles. The van der Waals surface area contributed by atoms with Crippen LogP contribution in [0.2, 0.25) is 5.02 Å². The van der Waals surface area contributed by atoms with Crippen LogP contribution in [0.15, 0.2) is 42.6 Å². The molecule has 17 heavy (non-hydrogen) atoms. The van der Waals surface area contributed by atoms with Gasteiger partial charge in [0.15, 0.2) is 11.5 Å². The van der Waals surface area contributed by atoms with Crippen molar-refractivity contribution in [1.29, 1.82) is 0 Å². The van der Waals surface area contributed by atoms with Gasteiger partial charge >= 0.3 is 0 Å². The summed E-state index contributed by atoms with van der Waals surface area (Å²) in [4.78, 5) is 0. The molecule has 0 aliphatic heterocycles. The zero-order valence-electron chi connectivity index (χ0n) is 8.84. The number of fused-ring (bicyclic) bond motifs is 1. The van der Waals surface area contributed by atoms with Crippen molar-refractivity contribution >= 4 is 22.9 Å². The van der Waals surface area contributed by atoms with E-state index in [-0.39, 0.29) is 0 Å². The number of rotatable bonds is 1. The maximum atomic E-state index is 5.96. The normalized spacial score (nSPS) is 10.9. The number of nitrogens with zero attached hydrogens (tertiary/aromatic N) is 3. The van der Waals surface area contributed by atoms with Crippen molar-refractivity contribution in [3.63, 3.8) is 0 Å². The van der Waals surface area contributed by atoms with Crippen LogP contribution in [-0.4, -0.2) is 14.6 Å². The Morgan fingerprint density at radius 3 is 2.82 bits per heavy atom. The highest BCUT2D eigenvalue weighted by Crippen LogP contribution is 2.22. The molecular formula is C12H9ClN4. The maximum Gasteiger partial charge on any atom is 0.168 e. The molecule has 0 aliphatic carbocycles. The standard InChI is InChI=1S/C12H9ClN4/c13-9-3-1-2-8(6-9)12-16-15-11-5-4-10(14)7-17(11)12/h1-7H,14H2. The summed E-state index contributed by atoms with van der Waals surface area (Å²) in [6.45, 7) is 0. The smallest absolute Gasteiger partial charge is 0.168 e. The minimum Gasteiger partial charge on any atom is -0.398 e. The number of nitrogens with two attached hydrogens (primary N) is 1. The first-order valence-electron chi connectivity index (χ1n) is 5.10. The summed E-state index contributed by atoms with van der Waals surface area (Å²) in [5.41, 5.74) is 8.10. The van der Waals surface area contributed by atoms with Crippen LogP contribution in [0.5, 0.6) is 0 Å². The van der Waals surface area contributed by atoms with E-state index in [0.29, 0.717) is 10.7 Å². The van der Waals surface area contributed by atoms with Crippen LogP contribution in [-0.2, 0) is 0 Å². The van der Waals surface area contributed by atoms with Crippen molar-refractivity contribution < 1.29 is 0 Å². The van der Waals surface area contributed by atoms with Crippen molar-refractivity contribution in [2.75, 3.05) is 5.73 Å². The first-order valence-corrected chi connectivity index (χ1v) is 5.48. The first-order chi connectivity index (χ1) is 8.24. The van der Waals surface area contributed by atoms with Gasteiger partial charge in [-0.25, -0.2) is 0 Å². The molecular weight excluding hydrogens is 236 g/mol. The van der Waals surface area contributed by atoms with E-state index >= 15 is 0 Å². The quantitative estimate of drug-likeness (QED) is 0.716. The van der Waals surface area contributed by atoms with Gasteiger partial charge in [0, 0.05) is 22.5 Å². The Kier molecular flexibility index (Phi) is 2.23. The van der Waals surface area contributed by atoms with E-state index in [1.165, 1.54) is 0 Å². The zero-order chi connectivity index (χ0) is 11.8. The van der Waals surface area contributed by atoms with Gasteiger partial charge in [0.1, 0.15) is 0 Å². The third-order valence-corrected chi connectivity index (χ3v) is 2.74. The number of hydrogen-bond acceptors (Lipinski definition) is 3. The van der Waals surface area contributed by atoms with Crippen molar-refractivity contribution in [2.45, 2.75) is 0 Å². The Morgan fingerprint density at radius 1 is 1.12 bits per heavy atom. The van der Waals surface area contributed by atoms with Crippen LogP contribution in [0.25, 0.3) is 17.0 Å². The van der Waals surface area contributed by atoms with Crippen molar-refractivity contribution in [2.24, 2.45) is 0 Å². The average molecular weight is 245 g/mol. The molecule has 4 nitrogen and oxygen atoms in total. The molecule has 2 N–H and O–H groups in total. The maximum absolute atomic E-state index is 5.96. The number of hydrogen-bond donors (Lipinski definition) is 1. The molecule has 0 aliphatic rings. The van der Waals surface area contributed by atoms with E-state index in [9.17, 15) is 0 Å². The molecule has 1 aromatic carbocycles. The second kappa shape index (κ2) is 3.75. The third-order valence-electron chi connectivity index (χ3n) is 2.51. The summed E-state index contributed by atoms with van der Waals surface area (Å²) in [7, 11) is 0.